The maximum absolute atomic E-state index is 7.28. The zero-order chi connectivity index (χ0) is 15.7. The molecule has 1 rings (SSSR count). The predicted octanol–water partition coefficient (Wildman–Crippen LogP) is 4.45. The Kier molecular flexibility index (Phi) is 6.63. The van der Waals surface area contributed by atoms with E-state index in [2.05, 4.69) is 23.4 Å². The van der Waals surface area contributed by atoms with Crippen molar-refractivity contribution >= 4 is 11.9 Å². The first kappa shape index (κ1) is 16.4. The minimum Gasteiger partial charge on any atom is -0.308 e. The second kappa shape index (κ2) is 8.50. The molecule has 0 aliphatic heterocycles. The molecule has 21 heavy (non-hydrogen) atoms. The van der Waals surface area contributed by atoms with Gasteiger partial charge in [0.2, 0.25) is 0 Å². The Morgan fingerprint density at radius 3 is 2.76 bits per heavy atom. The molecule has 0 saturated carbocycles. The third-order valence-electron chi connectivity index (χ3n) is 2.76. The summed E-state index contributed by atoms with van der Waals surface area (Å²) in [7, 11) is 0. The molecule has 0 radical (unpaired) electrons. The summed E-state index contributed by atoms with van der Waals surface area (Å²) in [5.41, 5.74) is 4.69. The van der Waals surface area contributed by atoms with Crippen molar-refractivity contribution < 1.29 is 0 Å². The van der Waals surface area contributed by atoms with E-state index in [1.54, 1.807) is 12.3 Å². The molecule has 0 atom stereocenters. The number of benzene rings is 1. The fraction of sp³-hybridized carbons (Fsp3) is 0.158. The molecular formula is C19H20N2. The Bertz CT molecular complexity index is 677. The van der Waals surface area contributed by atoms with Crippen molar-refractivity contribution in [3.63, 3.8) is 0 Å². The van der Waals surface area contributed by atoms with Crippen LogP contribution in [0.3, 0.4) is 0 Å². The van der Waals surface area contributed by atoms with E-state index in [-0.39, 0.29) is 0 Å². The van der Waals surface area contributed by atoms with Gasteiger partial charge in [-0.3, -0.25) is 4.99 Å². The van der Waals surface area contributed by atoms with Crippen LogP contribution >= 0.6 is 0 Å². The van der Waals surface area contributed by atoms with Crippen LogP contribution in [0.15, 0.2) is 59.8 Å². The van der Waals surface area contributed by atoms with Crippen molar-refractivity contribution in [3.8, 4) is 11.8 Å². The maximum atomic E-state index is 7.28. The predicted molar refractivity (Wildman–Crippen MR) is 92.1 cm³/mol. The first-order valence-corrected chi connectivity index (χ1v) is 6.70. The van der Waals surface area contributed by atoms with Gasteiger partial charge < -0.3 is 5.41 Å². The SMILES string of the molecule is C=C\C=C/C(C)=N/C=C(\C)C#Cc1cc(C=N)ccc1C. The van der Waals surface area contributed by atoms with Gasteiger partial charge in [-0.1, -0.05) is 42.7 Å². The third-order valence-corrected chi connectivity index (χ3v) is 2.76. The van der Waals surface area contributed by atoms with Gasteiger partial charge in [0.1, 0.15) is 0 Å². The number of allylic oxidation sites excluding steroid dienone is 4. The quantitative estimate of drug-likeness (QED) is 0.479. The Hall–Kier alpha value is -2.66. The highest BCUT2D eigenvalue weighted by Crippen LogP contribution is 2.09. The van der Waals surface area contributed by atoms with Crippen molar-refractivity contribution in [1.29, 1.82) is 5.41 Å². The molecule has 0 fully saturated rings. The minimum atomic E-state index is 0.856. The van der Waals surface area contributed by atoms with Crippen molar-refractivity contribution in [2.75, 3.05) is 0 Å². The Balaban J connectivity index is 2.94. The third kappa shape index (κ3) is 5.88. The number of hydrogen-bond acceptors (Lipinski definition) is 2. The summed E-state index contributed by atoms with van der Waals surface area (Å²) in [5, 5.41) is 7.28. The number of nitrogens with one attached hydrogen (secondary N) is 1. The standard InChI is InChI=1S/C19H20N2/c1-5-6-7-17(4)21-14-15(2)8-11-19-12-18(13-20)10-9-16(19)3/h5-7,9-10,12-14,20H,1H2,2-4H3/b7-6-,15-14+,20-13?,21-17+. The van der Waals surface area contributed by atoms with E-state index >= 15 is 0 Å². The lowest BCUT2D eigenvalue weighted by atomic mass is 10.1. The summed E-state index contributed by atoms with van der Waals surface area (Å²) in [5.74, 6) is 6.22. The molecule has 2 heteroatoms. The van der Waals surface area contributed by atoms with Gasteiger partial charge in [0.15, 0.2) is 0 Å². The van der Waals surface area contributed by atoms with Crippen LogP contribution in [-0.4, -0.2) is 11.9 Å². The molecule has 0 unspecified atom stereocenters. The zero-order valence-electron chi connectivity index (χ0n) is 12.8. The molecule has 0 heterocycles. The summed E-state index contributed by atoms with van der Waals surface area (Å²) < 4.78 is 0. The summed E-state index contributed by atoms with van der Waals surface area (Å²) in [6.45, 7) is 9.48. The molecule has 1 aromatic rings. The molecule has 0 bridgehead atoms. The Labute approximate surface area is 127 Å². The van der Waals surface area contributed by atoms with E-state index in [0.29, 0.717) is 0 Å². The van der Waals surface area contributed by atoms with Crippen LogP contribution in [0.5, 0.6) is 0 Å². The highest BCUT2D eigenvalue weighted by atomic mass is 14.7. The Morgan fingerprint density at radius 1 is 1.33 bits per heavy atom. The Morgan fingerprint density at radius 2 is 2.10 bits per heavy atom. The average molecular weight is 276 g/mol. The van der Waals surface area contributed by atoms with Gasteiger partial charge in [0.25, 0.3) is 0 Å². The molecular weight excluding hydrogens is 256 g/mol. The fourth-order valence-electron chi connectivity index (χ4n) is 1.51. The monoisotopic (exact) mass is 276 g/mol. The highest BCUT2D eigenvalue weighted by molar-refractivity contribution is 5.93. The highest BCUT2D eigenvalue weighted by Gasteiger charge is 1.95. The van der Waals surface area contributed by atoms with E-state index < -0.39 is 0 Å². The molecule has 0 aliphatic carbocycles. The van der Waals surface area contributed by atoms with Crippen molar-refractivity contribution in [2.45, 2.75) is 20.8 Å². The van der Waals surface area contributed by atoms with Gasteiger partial charge in [0, 0.05) is 29.3 Å². The molecule has 0 spiro atoms. The molecule has 106 valence electrons. The summed E-state index contributed by atoms with van der Waals surface area (Å²) in [6.07, 6.45) is 8.54. The molecule has 0 saturated heterocycles. The van der Waals surface area contributed by atoms with E-state index in [0.717, 1.165) is 28.0 Å². The fourth-order valence-corrected chi connectivity index (χ4v) is 1.51. The molecule has 0 aliphatic rings. The van der Waals surface area contributed by atoms with Gasteiger partial charge in [-0.25, -0.2) is 0 Å². The first-order chi connectivity index (χ1) is 10.1. The second-order valence-corrected chi connectivity index (χ2v) is 4.65. The van der Waals surface area contributed by atoms with Crippen molar-refractivity contribution in [1.82, 2.24) is 0 Å². The lowest BCUT2D eigenvalue weighted by Crippen LogP contribution is -1.86. The lowest BCUT2D eigenvalue weighted by Gasteiger charge is -1.99. The van der Waals surface area contributed by atoms with Gasteiger partial charge in [-0.15, -0.1) is 0 Å². The van der Waals surface area contributed by atoms with E-state index in [4.69, 9.17) is 5.41 Å². The summed E-state index contributed by atoms with van der Waals surface area (Å²) in [6, 6.07) is 5.81. The van der Waals surface area contributed by atoms with Crippen LogP contribution in [0.1, 0.15) is 30.5 Å². The minimum absolute atomic E-state index is 0.856. The van der Waals surface area contributed by atoms with Gasteiger partial charge in [0.05, 0.1) is 0 Å². The van der Waals surface area contributed by atoms with Crippen LogP contribution in [0, 0.1) is 24.2 Å². The summed E-state index contributed by atoms with van der Waals surface area (Å²) in [4.78, 5) is 4.31. The molecule has 2 nitrogen and oxygen atoms in total. The van der Waals surface area contributed by atoms with Gasteiger partial charge in [-0.05, 0) is 44.0 Å². The number of nitrogens with zero attached hydrogens (tertiary/aromatic N) is 1. The zero-order valence-corrected chi connectivity index (χ0v) is 12.8. The topological polar surface area (TPSA) is 36.2 Å². The van der Waals surface area contributed by atoms with Crippen LogP contribution in [0.25, 0.3) is 0 Å². The van der Waals surface area contributed by atoms with Crippen LogP contribution in [0.4, 0.5) is 0 Å². The largest absolute Gasteiger partial charge is 0.308 e. The van der Waals surface area contributed by atoms with Crippen molar-refractivity contribution in [2.24, 2.45) is 4.99 Å². The van der Waals surface area contributed by atoms with E-state index in [9.17, 15) is 0 Å². The number of aliphatic imine (C=N–C) groups is 1. The normalized spacial score (nSPS) is 12.0. The van der Waals surface area contributed by atoms with Crippen molar-refractivity contribution in [3.05, 3.63) is 71.5 Å². The van der Waals surface area contributed by atoms with Gasteiger partial charge in [-0.2, -0.15) is 0 Å². The summed E-state index contributed by atoms with van der Waals surface area (Å²) >= 11 is 0. The number of hydrogen-bond donors (Lipinski definition) is 1. The van der Waals surface area contributed by atoms with Gasteiger partial charge >= 0.3 is 0 Å². The van der Waals surface area contributed by atoms with Crippen LogP contribution in [-0.2, 0) is 0 Å². The van der Waals surface area contributed by atoms with Crippen LogP contribution in [0.2, 0.25) is 0 Å². The number of rotatable bonds is 4. The van der Waals surface area contributed by atoms with E-state index in [1.165, 1.54) is 6.21 Å². The lowest BCUT2D eigenvalue weighted by molar-refractivity contribution is 1.41. The average Bonchev–Trinajstić information content (AvgIpc) is 2.50. The maximum Gasteiger partial charge on any atom is 0.0383 e. The number of aryl methyl sites for hydroxylation is 1. The second-order valence-electron chi connectivity index (χ2n) is 4.65. The molecule has 1 aromatic carbocycles. The molecule has 0 aromatic heterocycles. The first-order valence-electron chi connectivity index (χ1n) is 6.70. The smallest absolute Gasteiger partial charge is 0.0383 e. The van der Waals surface area contributed by atoms with E-state index in [1.807, 2.05) is 51.1 Å². The molecule has 1 N–H and O–H groups in total. The van der Waals surface area contributed by atoms with Crippen LogP contribution < -0.4 is 0 Å². The molecule has 0 amide bonds.